The second-order valence-electron chi connectivity index (χ2n) is 11.0. The van der Waals surface area contributed by atoms with Crippen LogP contribution in [0.2, 0.25) is 0 Å². The Morgan fingerprint density at radius 1 is 1.19 bits per heavy atom. The third-order valence-corrected chi connectivity index (χ3v) is 8.46. The molecule has 220 valence electrons. The predicted octanol–water partition coefficient (Wildman–Crippen LogP) is 2.95. The number of fused-ring (bicyclic) bond motifs is 2. The van der Waals surface area contributed by atoms with Gasteiger partial charge in [-0.3, -0.25) is 25.1 Å². The van der Waals surface area contributed by atoms with E-state index >= 15 is 4.39 Å². The Balaban J connectivity index is 1.19. The molecule has 0 radical (unpaired) electrons. The molecule has 1 aromatic carbocycles. The Labute approximate surface area is 245 Å². The van der Waals surface area contributed by atoms with Crippen molar-refractivity contribution in [3.05, 3.63) is 64.1 Å². The molecule has 4 aliphatic rings. The van der Waals surface area contributed by atoms with E-state index in [9.17, 15) is 24.7 Å². The molecule has 2 aliphatic heterocycles. The monoisotopic (exact) mass is 595 g/mol. The average Bonchev–Trinajstić information content (AvgIpc) is 3.78. The minimum Gasteiger partial charge on any atom is -0.493 e. The summed E-state index contributed by atoms with van der Waals surface area (Å²) in [6, 6.07) is 5.50. The van der Waals surface area contributed by atoms with Crippen LogP contribution in [0.3, 0.4) is 0 Å². The molecule has 1 saturated heterocycles. The highest BCUT2D eigenvalue weighted by molar-refractivity contribution is 7.80. The number of ketones is 1. The lowest BCUT2D eigenvalue weighted by atomic mass is 9.82. The molecule has 42 heavy (non-hydrogen) atoms. The first-order valence-corrected chi connectivity index (χ1v) is 14.1. The van der Waals surface area contributed by atoms with Crippen LogP contribution in [-0.4, -0.2) is 84.6 Å². The zero-order chi connectivity index (χ0) is 29.7. The molecule has 2 aliphatic carbocycles. The number of aromatic hydroxyl groups is 1. The number of Topliss-reactive ketones (excluding diaryl/α,β-unsaturated/α-hetero) is 1. The number of allylic oxidation sites excluding steroid dienone is 1. The number of carboxylic acid groups (broad SMARTS) is 1. The number of anilines is 1. The number of carbonyl (C=O) groups is 2. The van der Waals surface area contributed by atoms with E-state index in [1.165, 1.54) is 12.3 Å². The van der Waals surface area contributed by atoms with Crippen molar-refractivity contribution in [3.8, 4) is 5.88 Å². The minimum atomic E-state index is -1.29. The maximum Gasteiger partial charge on any atom is 0.340 e. The van der Waals surface area contributed by atoms with Crippen LogP contribution in [0.15, 0.2) is 58.8 Å². The third kappa shape index (κ3) is 5.00. The molecular weight excluding hydrogens is 565 g/mol. The number of benzene rings is 1. The first-order valence-electron chi connectivity index (χ1n) is 13.7. The summed E-state index contributed by atoms with van der Waals surface area (Å²) in [5, 5.41) is 23.7. The first-order chi connectivity index (χ1) is 20.2. The van der Waals surface area contributed by atoms with Gasteiger partial charge in [0.05, 0.1) is 29.8 Å². The van der Waals surface area contributed by atoms with Gasteiger partial charge in [-0.25, -0.2) is 9.18 Å². The van der Waals surface area contributed by atoms with Crippen molar-refractivity contribution in [2.45, 2.75) is 38.5 Å². The van der Waals surface area contributed by atoms with E-state index in [0.29, 0.717) is 44.2 Å². The van der Waals surface area contributed by atoms with Crippen molar-refractivity contribution in [2.75, 3.05) is 31.6 Å². The summed E-state index contributed by atoms with van der Waals surface area (Å²) in [7, 11) is 0. The zero-order valence-corrected chi connectivity index (χ0v) is 23.6. The zero-order valence-electron chi connectivity index (χ0n) is 22.8. The number of hydrazine groups is 1. The summed E-state index contributed by atoms with van der Waals surface area (Å²) >= 11 is 4.80. The van der Waals surface area contributed by atoms with E-state index < -0.39 is 29.5 Å². The largest absolute Gasteiger partial charge is 0.493 e. The molecule has 14 heteroatoms. The van der Waals surface area contributed by atoms with Crippen LogP contribution in [0.25, 0.3) is 10.9 Å². The molecule has 3 heterocycles. The van der Waals surface area contributed by atoms with Crippen LogP contribution in [0.5, 0.6) is 5.88 Å². The van der Waals surface area contributed by atoms with Crippen LogP contribution in [0.1, 0.15) is 18.4 Å². The molecule has 4 N–H and O–H groups in total. The Bertz CT molecular complexity index is 1590. The summed E-state index contributed by atoms with van der Waals surface area (Å²) in [5.41, 5.74) is 7.56. The molecule has 2 atom stereocenters. The number of carboxylic acids is 1. The number of thiocarbonyl (C=S) groups is 1. The Hall–Kier alpha value is -4.30. The van der Waals surface area contributed by atoms with Gasteiger partial charge in [0.2, 0.25) is 5.88 Å². The second-order valence-corrected chi connectivity index (χ2v) is 11.4. The van der Waals surface area contributed by atoms with Gasteiger partial charge in [0.1, 0.15) is 17.1 Å². The van der Waals surface area contributed by atoms with Crippen molar-refractivity contribution >= 4 is 45.7 Å². The fourth-order valence-electron chi connectivity index (χ4n) is 6.00. The maximum atomic E-state index is 15.4. The Morgan fingerprint density at radius 2 is 1.93 bits per heavy atom. The highest BCUT2D eigenvalue weighted by atomic mass is 32.1. The highest BCUT2D eigenvalue weighted by Crippen LogP contribution is 2.41. The Kier molecular flexibility index (Phi) is 7.19. The van der Waals surface area contributed by atoms with E-state index in [0.717, 1.165) is 29.3 Å². The summed E-state index contributed by atoms with van der Waals surface area (Å²) in [6.07, 6.45) is 6.30. The number of hydrogen-bond acceptors (Lipinski definition) is 9. The maximum absolute atomic E-state index is 15.4. The highest BCUT2D eigenvalue weighted by Gasteiger charge is 2.45. The number of nitrogens with one attached hydrogen (secondary N) is 2. The lowest BCUT2D eigenvalue weighted by Crippen LogP contribution is -2.50. The van der Waals surface area contributed by atoms with Gasteiger partial charge >= 0.3 is 5.97 Å². The van der Waals surface area contributed by atoms with E-state index in [1.807, 2.05) is 34.9 Å². The lowest BCUT2D eigenvalue weighted by molar-refractivity contribution is -0.136. The van der Waals surface area contributed by atoms with Gasteiger partial charge in [-0.15, -0.1) is 4.91 Å². The van der Waals surface area contributed by atoms with Crippen LogP contribution >= 0.6 is 12.2 Å². The standard InChI is InChI=1S/C28H30FN7O5S/c1-15-2-5-21-17(10-15)24(30-31-28(42)32-41)26(38)36(21)14-33-6-8-34(9-7-33)23-12-22-18(11-20(23)29)25(37)19(27(39)40)13-35(22)16-3-4-16/h2,5,10-13,16,18,22,30,38H,3-4,6-9,14H2,1H3,(H,31,42)(H,39,40). The van der Waals surface area contributed by atoms with Crippen LogP contribution < -0.4 is 10.9 Å². The quantitative estimate of drug-likeness (QED) is 0.162. The van der Waals surface area contributed by atoms with Gasteiger partial charge in [-0.2, -0.15) is 0 Å². The van der Waals surface area contributed by atoms with Gasteiger partial charge in [-0.1, -0.05) is 11.6 Å². The fourth-order valence-corrected chi connectivity index (χ4v) is 6.05. The van der Waals surface area contributed by atoms with Gasteiger partial charge in [0, 0.05) is 49.0 Å². The summed E-state index contributed by atoms with van der Waals surface area (Å²) in [6.45, 7) is 4.50. The molecule has 2 fully saturated rings. The van der Waals surface area contributed by atoms with Crippen molar-refractivity contribution in [2.24, 2.45) is 11.1 Å². The molecular formula is C28H30FN7O5S. The number of aryl methyl sites for hydroxylation is 1. The molecule has 6 rings (SSSR count). The minimum absolute atomic E-state index is 0.0369. The number of hydrogen-bond donors (Lipinski definition) is 4. The van der Waals surface area contributed by atoms with Crippen molar-refractivity contribution in [3.63, 3.8) is 0 Å². The smallest absolute Gasteiger partial charge is 0.340 e. The van der Waals surface area contributed by atoms with Crippen molar-refractivity contribution in [1.82, 2.24) is 24.7 Å². The number of rotatable bonds is 7. The summed E-state index contributed by atoms with van der Waals surface area (Å²) < 4.78 is 17.2. The number of carbonyl (C=O) groups excluding carboxylic acids is 1. The molecule has 2 unspecified atom stereocenters. The van der Waals surface area contributed by atoms with Gasteiger partial charge in [0.15, 0.2) is 5.78 Å². The molecule has 0 spiro atoms. The van der Waals surface area contributed by atoms with E-state index in [2.05, 4.69) is 20.9 Å². The number of nitroso groups, excluding NO2 is 1. The Morgan fingerprint density at radius 3 is 2.60 bits per heavy atom. The topological polar surface area (TPSA) is 143 Å². The molecule has 0 bridgehead atoms. The number of aliphatic carboxylic acids is 1. The normalized spacial score (nSPS) is 22.7. The second kappa shape index (κ2) is 10.8. The van der Waals surface area contributed by atoms with E-state index in [-0.39, 0.29) is 22.6 Å². The van der Waals surface area contributed by atoms with E-state index in [4.69, 9.17) is 12.2 Å². The average molecular weight is 596 g/mol. The number of nitrogens with zero attached hydrogens (tertiary/aromatic N) is 5. The number of aromatic nitrogens is 1. The predicted molar refractivity (Wildman–Crippen MR) is 157 cm³/mol. The van der Waals surface area contributed by atoms with Gasteiger partial charge in [0.25, 0.3) is 5.11 Å². The molecule has 1 saturated carbocycles. The third-order valence-electron chi connectivity index (χ3n) is 8.28. The molecule has 2 aromatic rings. The SMILES string of the molecule is Cc1ccc2c(c1)c(NNC(=S)N=O)c(O)n2CN1CCN(C2=CC3C(C=C2F)C(=O)C(C(=O)O)=CN3C2CC2)CC1. The van der Waals surface area contributed by atoms with E-state index in [1.54, 1.807) is 10.6 Å². The van der Waals surface area contributed by atoms with Crippen LogP contribution in [-0.2, 0) is 16.3 Å². The lowest BCUT2D eigenvalue weighted by Gasteiger charge is -2.42. The van der Waals surface area contributed by atoms with Crippen LogP contribution in [0, 0.1) is 17.7 Å². The summed E-state index contributed by atoms with van der Waals surface area (Å²) in [4.78, 5) is 41.2. The molecule has 1 aromatic heterocycles. The van der Waals surface area contributed by atoms with Crippen molar-refractivity contribution in [1.29, 1.82) is 0 Å². The van der Waals surface area contributed by atoms with Crippen LogP contribution in [0.4, 0.5) is 10.1 Å². The van der Waals surface area contributed by atoms with Crippen molar-refractivity contribution < 1.29 is 24.2 Å². The molecule has 0 amide bonds. The number of piperazine rings is 1. The van der Waals surface area contributed by atoms with Gasteiger partial charge < -0.3 is 20.0 Å². The summed E-state index contributed by atoms with van der Waals surface area (Å²) in [5.74, 6) is -3.28. The fraction of sp³-hybridized carbons (Fsp3) is 0.393. The number of halogens is 1. The first kappa shape index (κ1) is 27.8. The van der Waals surface area contributed by atoms with Gasteiger partial charge in [-0.05, 0) is 56.3 Å². The molecule has 12 nitrogen and oxygen atoms in total.